The van der Waals surface area contributed by atoms with Crippen molar-refractivity contribution in [1.82, 2.24) is 4.98 Å². The summed E-state index contributed by atoms with van der Waals surface area (Å²) in [5.41, 5.74) is 6.78. The first-order valence-electron chi connectivity index (χ1n) is 6.73. The second-order valence-electron chi connectivity index (χ2n) is 4.93. The largest absolute Gasteiger partial charge is 0.356 e. The van der Waals surface area contributed by atoms with Gasteiger partial charge in [-0.05, 0) is 43.4 Å². The molecule has 1 aliphatic heterocycles. The highest BCUT2D eigenvalue weighted by atomic mass is 15.2. The Morgan fingerprint density at radius 1 is 1.47 bits per heavy atom. The van der Waals surface area contributed by atoms with E-state index in [1.165, 1.54) is 31.4 Å². The standard InChI is InChI=1S/C14H23N3/c1-2-12-4-3-9-17(11-12)14-6-5-13(7-8-15)10-16-14/h5-6,10,12H,2-4,7-9,11,15H2,1H3. The second kappa shape index (κ2) is 6.01. The Bertz CT molecular complexity index is 334. The third-order valence-corrected chi connectivity index (χ3v) is 3.66. The number of nitrogens with zero attached hydrogens (tertiary/aromatic N) is 2. The van der Waals surface area contributed by atoms with E-state index in [0.29, 0.717) is 6.54 Å². The lowest BCUT2D eigenvalue weighted by Gasteiger charge is -2.33. The zero-order valence-electron chi connectivity index (χ0n) is 10.7. The molecule has 0 bridgehead atoms. The fraction of sp³-hybridized carbons (Fsp3) is 0.643. The molecule has 2 heterocycles. The number of pyridine rings is 1. The first kappa shape index (κ1) is 12.4. The quantitative estimate of drug-likeness (QED) is 0.867. The molecule has 0 aromatic carbocycles. The summed E-state index contributed by atoms with van der Waals surface area (Å²) in [7, 11) is 0. The lowest BCUT2D eigenvalue weighted by atomic mass is 9.96. The monoisotopic (exact) mass is 233 g/mol. The number of piperidine rings is 1. The predicted octanol–water partition coefficient (Wildman–Crippen LogP) is 2.21. The lowest BCUT2D eigenvalue weighted by molar-refractivity contribution is 0.403. The summed E-state index contributed by atoms with van der Waals surface area (Å²) < 4.78 is 0. The van der Waals surface area contributed by atoms with E-state index < -0.39 is 0 Å². The molecule has 3 nitrogen and oxygen atoms in total. The molecule has 0 radical (unpaired) electrons. The number of hydrogen-bond acceptors (Lipinski definition) is 3. The van der Waals surface area contributed by atoms with Gasteiger partial charge in [0.25, 0.3) is 0 Å². The minimum atomic E-state index is 0.697. The molecule has 1 aromatic rings. The smallest absolute Gasteiger partial charge is 0.128 e. The van der Waals surface area contributed by atoms with E-state index in [0.717, 1.165) is 24.7 Å². The van der Waals surface area contributed by atoms with Crippen LogP contribution in [0.4, 0.5) is 5.82 Å². The Hall–Kier alpha value is -1.09. The van der Waals surface area contributed by atoms with Crippen molar-refractivity contribution >= 4 is 5.82 Å². The Morgan fingerprint density at radius 3 is 3.00 bits per heavy atom. The van der Waals surface area contributed by atoms with Gasteiger partial charge < -0.3 is 10.6 Å². The van der Waals surface area contributed by atoms with E-state index in [4.69, 9.17) is 5.73 Å². The second-order valence-corrected chi connectivity index (χ2v) is 4.93. The molecule has 17 heavy (non-hydrogen) atoms. The van der Waals surface area contributed by atoms with Gasteiger partial charge in [-0.1, -0.05) is 19.4 Å². The molecule has 0 aliphatic carbocycles. The molecule has 1 aromatic heterocycles. The zero-order chi connectivity index (χ0) is 12.1. The first-order chi connectivity index (χ1) is 8.33. The van der Waals surface area contributed by atoms with Crippen molar-refractivity contribution in [3.05, 3.63) is 23.9 Å². The normalized spacial score (nSPS) is 20.6. The maximum absolute atomic E-state index is 5.54. The maximum Gasteiger partial charge on any atom is 0.128 e. The van der Waals surface area contributed by atoms with Gasteiger partial charge in [-0.25, -0.2) is 4.98 Å². The molecule has 3 heteroatoms. The highest BCUT2D eigenvalue weighted by Crippen LogP contribution is 2.23. The first-order valence-corrected chi connectivity index (χ1v) is 6.73. The molecular weight excluding hydrogens is 210 g/mol. The van der Waals surface area contributed by atoms with Gasteiger partial charge in [0.15, 0.2) is 0 Å². The van der Waals surface area contributed by atoms with Gasteiger partial charge in [0.05, 0.1) is 0 Å². The molecule has 1 aliphatic rings. The average Bonchev–Trinajstić information content (AvgIpc) is 2.40. The summed E-state index contributed by atoms with van der Waals surface area (Å²) in [6.07, 6.45) is 6.84. The van der Waals surface area contributed by atoms with Crippen LogP contribution < -0.4 is 10.6 Å². The van der Waals surface area contributed by atoms with Crippen LogP contribution in [-0.4, -0.2) is 24.6 Å². The Labute approximate surface area is 104 Å². The fourth-order valence-corrected chi connectivity index (χ4v) is 2.52. The van der Waals surface area contributed by atoms with E-state index in [2.05, 4.69) is 28.9 Å². The molecule has 0 saturated carbocycles. The van der Waals surface area contributed by atoms with Gasteiger partial charge in [-0.15, -0.1) is 0 Å². The SMILES string of the molecule is CCC1CCCN(c2ccc(CCN)cn2)C1. The van der Waals surface area contributed by atoms with Gasteiger partial charge in [0.1, 0.15) is 5.82 Å². The molecule has 94 valence electrons. The maximum atomic E-state index is 5.54. The van der Waals surface area contributed by atoms with Gasteiger partial charge in [0.2, 0.25) is 0 Å². The van der Waals surface area contributed by atoms with Crippen molar-refractivity contribution in [3.63, 3.8) is 0 Å². The molecule has 1 atom stereocenters. The van der Waals surface area contributed by atoms with Crippen molar-refractivity contribution in [2.75, 3.05) is 24.5 Å². The molecule has 1 saturated heterocycles. The van der Waals surface area contributed by atoms with Crippen molar-refractivity contribution in [2.24, 2.45) is 11.7 Å². The van der Waals surface area contributed by atoms with E-state index in [1.54, 1.807) is 0 Å². The van der Waals surface area contributed by atoms with Gasteiger partial charge in [-0.3, -0.25) is 0 Å². The third kappa shape index (κ3) is 3.19. The topological polar surface area (TPSA) is 42.1 Å². The van der Waals surface area contributed by atoms with Crippen LogP contribution in [0.2, 0.25) is 0 Å². The lowest BCUT2D eigenvalue weighted by Crippen LogP contribution is -2.35. The zero-order valence-corrected chi connectivity index (χ0v) is 10.7. The minimum absolute atomic E-state index is 0.697. The molecule has 0 amide bonds. The summed E-state index contributed by atoms with van der Waals surface area (Å²) in [5, 5.41) is 0. The van der Waals surface area contributed by atoms with Crippen molar-refractivity contribution in [1.29, 1.82) is 0 Å². The number of anilines is 1. The average molecular weight is 233 g/mol. The number of rotatable bonds is 4. The Morgan fingerprint density at radius 2 is 2.35 bits per heavy atom. The van der Waals surface area contributed by atoms with Gasteiger partial charge in [0, 0.05) is 19.3 Å². The Balaban J connectivity index is 2.01. The van der Waals surface area contributed by atoms with Gasteiger partial charge in [-0.2, -0.15) is 0 Å². The van der Waals surface area contributed by atoms with Crippen LogP contribution in [0.1, 0.15) is 31.7 Å². The van der Waals surface area contributed by atoms with Crippen molar-refractivity contribution in [3.8, 4) is 0 Å². The highest BCUT2D eigenvalue weighted by Gasteiger charge is 2.19. The number of hydrogen-bond donors (Lipinski definition) is 1. The fourth-order valence-electron chi connectivity index (χ4n) is 2.52. The molecule has 1 fully saturated rings. The van der Waals surface area contributed by atoms with Crippen LogP contribution in [-0.2, 0) is 6.42 Å². The summed E-state index contributed by atoms with van der Waals surface area (Å²) in [6, 6.07) is 4.30. The molecule has 1 unspecified atom stereocenters. The minimum Gasteiger partial charge on any atom is -0.356 e. The summed E-state index contributed by atoms with van der Waals surface area (Å²) >= 11 is 0. The van der Waals surface area contributed by atoms with Gasteiger partial charge >= 0.3 is 0 Å². The van der Waals surface area contributed by atoms with E-state index in [9.17, 15) is 0 Å². The molecule has 0 spiro atoms. The third-order valence-electron chi connectivity index (χ3n) is 3.66. The summed E-state index contributed by atoms with van der Waals surface area (Å²) in [6.45, 7) is 5.30. The molecular formula is C14H23N3. The summed E-state index contributed by atoms with van der Waals surface area (Å²) in [4.78, 5) is 6.98. The molecule has 2 N–H and O–H groups in total. The van der Waals surface area contributed by atoms with E-state index >= 15 is 0 Å². The van der Waals surface area contributed by atoms with Crippen LogP contribution in [0.3, 0.4) is 0 Å². The highest BCUT2D eigenvalue weighted by molar-refractivity contribution is 5.39. The van der Waals surface area contributed by atoms with Crippen LogP contribution in [0.5, 0.6) is 0 Å². The molecule has 2 rings (SSSR count). The van der Waals surface area contributed by atoms with Crippen LogP contribution in [0.15, 0.2) is 18.3 Å². The number of aromatic nitrogens is 1. The van der Waals surface area contributed by atoms with Crippen LogP contribution in [0, 0.1) is 5.92 Å². The van der Waals surface area contributed by atoms with Crippen LogP contribution in [0.25, 0.3) is 0 Å². The predicted molar refractivity (Wildman–Crippen MR) is 72.2 cm³/mol. The summed E-state index contributed by atoms with van der Waals surface area (Å²) in [5.74, 6) is 1.97. The Kier molecular flexibility index (Phi) is 4.37. The number of nitrogens with two attached hydrogens (primary N) is 1. The van der Waals surface area contributed by atoms with E-state index in [1.807, 2.05) is 6.20 Å². The van der Waals surface area contributed by atoms with Crippen molar-refractivity contribution in [2.45, 2.75) is 32.6 Å². The van der Waals surface area contributed by atoms with Crippen LogP contribution >= 0.6 is 0 Å². The van der Waals surface area contributed by atoms with Crippen molar-refractivity contribution < 1.29 is 0 Å². The van der Waals surface area contributed by atoms with E-state index in [-0.39, 0.29) is 0 Å².